The van der Waals surface area contributed by atoms with Gasteiger partial charge in [0.2, 0.25) is 0 Å². The maximum absolute atomic E-state index is 11.9. The predicted molar refractivity (Wildman–Crippen MR) is 83.8 cm³/mol. The molecule has 1 atom stereocenters. The van der Waals surface area contributed by atoms with Crippen LogP contribution in [0.2, 0.25) is 0 Å². The lowest BCUT2D eigenvalue weighted by atomic mass is 10.1. The summed E-state index contributed by atoms with van der Waals surface area (Å²) in [5, 5.41) is 2.85. The molecular weight excluding hydrogens is 268 g/mol. The van der Waals surface area contributed by atoms with Gasteiger partial charge in [0.15, 0.2) is 17.6 Å². The fraction of sp³-hybridized carbons (Fsp3) is 0.562. The topological polar surface area (TPSA) is 73.6 Å². The number of hydrogen-bond donors (Lipinski definition) is 2. The van der Waals surface area contributed by atoms with Crippen molar-refractivity contribution in [2.45, 2.75) is 39.2 Å². The lowest BCUT2D eigenvalue weighted by Crippen LogP contribution is -2.36. The van der Waals surface area contributed by atoms with E-state index in [0.717, 1.165) is 24.8 Å². The van der Waals surface area contributed by atoms with Crippen molar-refractivity contribution in [3.05, 3.63) is 23.8 Å². The van der Waals surface area contributed by atoms with Gasteiger partial charge in [0.25, 0.3) is 5.91 Å². The Hall–Kier alpha value is -1.75. The number of ether oxygens (including phenoxy) is 2. The van der Waals surface area contributed by atoms with Gasteiger partial charge in [-0.2, -0.15) is 0 Å². The summed E-state index contributed by atoms with van der Waals surface area (Å²) in [5.74, 6) is 1.07. The third-order valence-electron chi connectivity index (χ3n) is 3.16. The maximum atomic E-state index is 11.9. The SMILES string of the molecule is CCCCNC(=O)C(C)Oc1ccc(CCN)cc1OC. The quantitative estimate of drug-likeness (QED) is 0.682. The zero-order valence-corrected chi connectivity index (χ0v) is 13.1. The molecule has 21 heavy (non-hydrogen) atoms. The molecule has 0 radical (unpaired) electrons. The van der Waals surface area contributed by atoms with E-state index in [-0.39, 0.29) is 5.91 Å². The molecule has 118 valence electrons. The van der Waals surface area contributed by atoms with E-state index in [1.165, 1.54) is 0 Å². The van der Waals surface area contributed by atoms with Gasteiger partial charge >= 0.3 is 0 Å². The predicted octanol–water partition coefficient (Wildman–Crippen LogP) is 1.88. The van der Waals surface area contributed by atoms with Crippen LogP contribution in [0, 0.1) is 0 Å². The summed E-state index contributed by atoms with van der Waals surface area (Å²) in [6.07, 6.45) is 2.24. The Morgan fingerprint density at radius 2 is 2.14 bits per heavy atom. The van der Waals surface area contributed by atoms with Gasteiger partial charge in [-0.3, -0.25) is 4.79 Å². The van der Waals surface area contributed by atoms with Crippen LogP contribution >= 0.6 is 0 Å². The van der Waals surface area contributed by atoms with E-state index in [9.17, 15) is 4.79 Å². The summed E-state index contributed by atoms with van der Waals surface area (Å²) < 4.78 is 11.0. The molecule has 0 aromatic heterocycles. The number of carbonyl (C=O) groups excluding carboxylic acids is 1. The molecule has 0 saturated carbocycles. The number of benzene rings is 1. The van der Waals surface area contributed by atoms with Crippen LogP contribution in [0.1, 0.15) is 32.3 Å². The molecule has 5 heteroatoms. The summed E-state index contributed by atoms with van der Waals surface area (Å²) in [7, 11) is 1.58. The van der Waals surface area contributed by atoms with Crippen LogP contribution in [0.4, 0.5) is 0 Å². The molecule has 1 rings (SSSR count). The van der Waals surface area contributed by atoms with Crippen molar-refractivity contribution in [1.29, 1.82) is 0 Å². The van der Waals surface area contributed by atoms with Crippen LogP contribution in [0.25, 0.3) is 0 Å². The summed E-state index contributed by atoms with van der Waals surface area (Å²) in [4.78, 5) is 11.9. The Morgan fingerprint density at radius 3 is 2.76 bits per heavy atom. The monoisotopic (exact) mass is 294 g/mol. The van der Waals surface area contributed by atoms with E-state index in [1.54, 1.807) is 14.0 Å². The average molecular weight is 294 g/mol. The van der Waals surface area contributed by atoms with E-state index in [1.807, 2.05) is 18.2 Å². The fourth-order valence-electron chi connectivity index (χ4n) is 1.91. The second kappa shape index (κ2) is 9.23. The number of nitrogens with two attached hydrogens (primary N) is 1. The summed E-state index contributed by atoms with van der Waals surface area (Å²) in [5.41, 5.74) is 6.63. The highest BCUT2D eigenvalue weighted by Crippen LogP contribution is 2.29. The molecule has 1 unspecified atom stereocenters. The zero-order valence-electron chi connectivity index (χ0n) is 13.1. The van der Waals surface area contributed by atoms with Crippen molar-refractivity contribution in [2.24, 2.45) is 5.73 Å². The van der Waals surface area contributed by atoms with E-state index >= 15 is 0 Å². The lowest BCUT2D eigenvalue weighted by Gasteiger charge is -2.17. The molecule has 1 aromatic carbocycles. The van der Waals surface area contributed by atoms with Crippen LogP contribution in [-0.4, -0.2) is 32.2 Å². The van der Waals surface area contributed by atoms with Gasteiger partial charge in [-0.1, -0.05) is 19.4 Å². The number of amides is 1. The minimum Gasteiger partial charge on any atom is -0.493 e. The molecule has 3 N–H and O–H groups in total. The number of methoxy groups -OCH3 is 1. The highest BCUT2D eigenvalue weighted by atomic mass is 16.5. The normalized spacial score (nSPS) is 11.8. The first-order valence-electron chi connectivity index (χ1n) is 7.43. The molecule has 0 aliphatic carbocycles. The van der Waals surface area contributed by atoms with Gasteiger partial charge < -0.3 is 20.5 Å². The van der Waals surface area contributed by atoms with E-state index in [2.05, 4.69) is 12.2 Å². The molecule has 0 fully saturated rings. The van der Waals surface area contributed by atoms with Gasteiger partial charge in [-0.05, 0) is 44.0 Å². The molecule has 0 heterocycles. The maximum Gasteiger partial charge on any atom is 0.260 e. The first-order chi connectivity index (χ1) is 10.1. The largest absolute Gasteiger partial charge is 0.493 e. The molecule has 0 saturated heterocycles. The third-order valence-corrected chi connectivity index (χ3v) is 3.16. The first-order valence-corrected chi connectivity index (χ1v) is 7.43. The summed E-state index contributed by atoms with van der Waals surface area (Å²) in [6, 6.07) is 5.65. The highest BCUT2D eigenvalue weighted by Gasteiger charge is 2.16. The standard InChI is InChI=1S/C16H26N2O3/c1-4-5-10-18-16(19)12(2)21-14-7-6-13(8-9-17)11-15(14)20-3/h6-7,11-12H,4-5,8-10,17H2,1-3H3,(H,18,19). The average Bonchev–Trinajstić information content (AvgIpc) is 2.49. The Labute approximate surface area is 126 Å². The molecule has 0 aliphatic rings. The number of unbranched alkanes of at least 4 members (excludes halogenated alkanes) is 1. The van der Waals surface area contributed by atoms with Crippen LogP contribution < -0.4 is 20.5 Å². The minimum atomic E-state index is -0.559. The van der Waals surface area contributed by atoms with E-state index in [4.69, 9.17) is 15.2 Å². The van der Waals surface area contributed by atoms with Crippen LogP contribution in [0.5, 0.6) is 11.5 Å². The summed E-state index contributed by atoms with van der Waals surface area (Å²) >= 11 is 0. The molecule has 0 bridgehead atoms. The van der Waals surface area contributed by atoms with Gasteiger partial charge in [-0.15, -0.1) is 0 Å². The first kappa shape index (κ1) is 17.3. The van der Waals surface area contributed by atoms with E-state index < -0.39 is 6.10 Å². The molecule has 0 spiro atoms. The van der Waals surface area contributed by atoms with Gasteiger partial charge in [-0.25, -0.2) is 0 Å². The van der Waals surface area contributed by atoms with Crippen molar-refractivity contribution >= 4 is 5.91 Å². The number of hydrogen-bond acceptors (Lipinski definition) is 4. The number of nitrogens with one attached hydrogen (secondary N) is 1. The van der Waals surface area contributed by atoms with Crippen molar-refractivity contribution in [2.75, 3.05) is 20.2 Å². The van der Waals surface area contributed by atoms with Crippen molar-refractivity contribution in [3.63, 3.8) is 0 Å². The van der Waals surface area contributed by atoms with Crippen LogP contribution in [0.3, 0.4) is 0 Å². The lowest BCUT2D eigenvalue weighted by molar-refractivity contribution is -0.127. The molecular formula is C16H26N2O3. The Balaban J connectivity index is 2.66. The summed E-state index contributed by atoms with van der Waals surface area (Å²) in [6.45, 7) is 5.07. The molecule has 1 aromatic rings. The Kier molecular flexibility index (Phi) is 7.61. The number of rotatable bonds is 9. The van der Waals surface area contributed by atoms with Crippen LogP contribution in [0.15, 0.2) is 18.2 Å². The van der Waals surface area contributed by atoms with Gasteiger partial charge in [0.1, 0.15) is 0 Å². The van der Waals surface area contributed by atoms with Crippen molar-refractivity contribution in [1.82, 2.24) is 5.32 Å². The van der Waals surface area contributed by atoms with Crippen molar-refractivity contribution < 1.29 is 14.3 Å². The van der Waals surface area contributed by atoms with Gasteiger partial charge in [0.05, 0.1) is 7.11 Å². The Bertz CT molecular complexity index is 449. The van der Waals surface area contributed by atoms with E-state index in [0.29, 0.717) is 24.6 Å². The van der Waals surface area contributed by atoms with Crippen LogP contribution in [-0.2, 0) is 11.2 Å². The molecule has 0 aliphatic heterocycles. The second-order valence-corrected chi connectivity index (χ2v) is 4.93. The Morgan fingerprint density at radius 1 is 1.38 bits per heavy atom. The fourth-order valence-corrected chi connectivity index (χ4v) is 1.91. The second-order valence-electron chi connectivity index (χ2n) is 4.93. The minimum absolute atomic E-state index is 0.114. The smallest absolute Gasteiger partial charge is 0.260 e. The number of carbonyl (C=O) groups is 1. The van der Waals surface area contributed by atoms with Crippen molar-refractivity contribution in [3.8, 4) is 11.5 Å². The zero-order chi connectivity index (χ0) is 15.7. The highest BCUT2D eigenvalue weighted by molar-refractivity contribution is 5.80. The third kappa shape index (κ3) is 5.63. The molecule has 1 amide bonds. The molecule has 5 nitrogen and oxygen atoms in total. The van der Waals surface area contributed by atoms with Gasteiger partial charge in [0, 0.05) is 6.54 Å².